The number of rotatable bonds is 7. The number of carboxylic acid groups (broad SMARTS) is 1. The minimum absolute atomic E-state index is 0.401. The van der Waals surface area contributed by atoms with E-state index >= 15 is 0 Å². The molecule has 1 fully saturated rings. The molecule has 1 heterocycles. The maximum Gasteiger partial charge on any atom is 0.326 e. The molecule has 1 atom stereocenters. The van der Waals surface area contributed by atoms with Gasteiger partial charge in [0.05, 0.1) is 0 Å². The van der Waals surface area contributed by atoms with Gasteiger partial charge in [0.15, 0.2) is 0 Å². The lowest BCUT2D eigenvalue weighted by Crippen LogP contribution is -2.30. The number of aliphatic carboxylic acids is 1. The molecule has 0 amide bonds. The summed E-state index contributed by atoms with van der Waals surface area (Å²) in [6.07, 6.45) is 2.69. The molecule has 0 spiro atoms. The van der Waals surface area contributed by atoms with Gasteiger partial charge in [0, 0.05) is 37.6 Å². The molecule has 2 N–H and O–H groups in total. The van der Waals surface area contributed by atoms with Crippen LogP contribution in [0.1, 0.15) is 31.0 Å². The first-order chi connectivity index (χ1) is 8.20. The molecule has 0 aliphatic heterocycles. The summed E-state index contributed by atoms with van der Waals surface area (Å²) in [5.41, 5.74) is 0. The van der Waals surface area contributed by atoms with E-state index in [9.17, 15) is 4.79 Å². The summed E-state index contributed by atoms with van der Waals surface area (Å²) in [6.45, 7) is 0.401. The van der Waals surface area contributed by atoms with Crippen LogP contribution in [0.5, 0.6) is 0 Å². The maximum atomic E-state index is 11.0. The van der Waals surface area contributed by atoms with E-state index in [1.54, 1.807) is 7.11 Å². The van der Waals surface area contributed by atoms with Crippen LogP contribution in [0.4, 0.5) is 5.13 Å². The number of nitrogens with one attached hydrogen (secondary N) is 1. The number of hydrogen-bond donors (Lipinski definition) is 2. The van der Waals surface area contributed by atoms with Gasteiger partial charge >= 0.3 is 5.97 Å². The molecule has 17 heavy (non-hydrogen) atoms. The van der Waals surface area contributed by atoms with Gasteiger partial charge in [0.25, 0.3) is 0 Å². The Balaban J connectivity index is 1.93. The summed E-state index contributed by atoms with van der Waals surface area (Å²) in [6, 6.07) is -0.671. The number of carbonyl (C=O) groups is 1. The molecule has 1 aliphatic carbocycles. The summed E-state index contributed by atoms with van der Waals surface area (Å²) < 4.78 is 9.09. The largest absolute Gasteiger partial charge is 0.480 e. The number of hydrogen-bond acceptors (Lipinski definition) is 6. The van der Waals surface area contributed by atoms with Crippen LogP contribution in [0.25, 0.3) is 0 Å². The van der Waals surface area contributed by atoms with Gasteiger partial charge in [-0.05, 0) is 12.8 Å². The van der Waals surface area contributed by atoms with Crippen molar-refractivity contribution in [3.63, 3.8) is 0 Å². The van der Waals surface area contributed by atoms with Crippen LogP contribution in [0, 0.1) is 0 Å². The fraction of sp³-hybridized carbons (Fsp3) is 0.700. The molecule has 0 radical (unpaired) electrons. The Bertz CT molecular complexity index is 392. The lowest BCUT2D eigenvalue weighted by atomic mass is 10.2. The number of anilines is 1. The maximum absolute atomic E-state index is 11.0. The number of aromatic nitrogens is 2. The third kappa shape index (κ3) is 3.37. The van der Waals surface area contributed by atoms with E-state index < -0.39 is 12.0 Å². The van der Waals surface area contributed by atoms with E-state index in [4.69, 9.17) is 9.84 Å². The van der Waals surface area contributed by atoms with Crippen LogP contribution >= 0.6 is 11.5 Å². The van der Waals surface area contributed by atoms with Gasteiger partial charge in [-0.25, -0.2) is 9.78 Å². The summed E-state index contributed by atoms with van der Waals surface area (Å²) in [4.78, 5) is 15.3. The normalized spacial score (nSPS) is 16.8. The van der Waals surface area contributed by atoms with E-state index in [1.807, 2.05) is 0 Å². The van der Waals surface area contributed by atoms with Crippen molar-refractivity contribution in [3.8, 4) is 0 Å². The van der Waals surface area contributed by atoms with Crippen LogP contribution in [0.15, 0.2) is 0 Å². The second-order valence-electron chi connectivity index (χ2n) is 4.05. The van der Waals surface area contributed by atoms with Crippen molar-refractivity contribution in [2.45, 2.75) is 31.2 Å². The fourth-order valence-corrected chi connectivity index (χ4v) is 2.14. The van der Waals surface area contributed by atoms with Gasteiger partial charge in [-0.15, -0.1) is 0 Å². The zero-order valence-corrected chi connectivity index (χ0v) is 10.4. The molecule has 2 rings (SSSR count). The van der Waals surface area contributed by atoms with E-state index in [0.29, 0.717) is 24.1 Å². The summed E-state index contributed by atoms with van der Waals surface area (Å²) in [5.74, 6) is 0.433. The van der Waals surface area contributed by atoms with Gasteiger partial charge in [-0.3, -0.25) is 0 Å². The Morgan fingerprint density at radius 1 is 1.71 bits per heavy atom. The first-order valence-electron chi connectivity index (χ1n) is 5.52. The number of ether oxygens (including phenoxy) is 1. The van der Waals surface area contributed by atoms with Crippen LogP contribution < -0.4 is 5.32 Å². The summed E-state index contributed by atoms with van der Waals surface area (Å²) in [7, 11) is 1.55. The van der Waals surface area contributed by atoms with Crippen molar-refractivity contribution < 1.29 is 14.6 Å². The number of nitrogens with zero attached hydrogens (tertiary/aromatic N) is 2. The monoisotopic (exact) mass is 257 g/mol. The van der Waals surface area contributed by atoms with Gasteiger partial charge in [-0.1, -0.05) is 0 Å². The smallest absolute Gasteiger partial charge is 0.326 e. The topological polar surface area (TPSA) is 84.3 Å². The molecule has 6 nitrogen and oxygen atoms in total. The van der Waals surface area contributed by atoms with E-state index in [-0.39, 0.29) is 0 Å². The highest BCUT2D eigenvalue weighted by molar-refractivity contribution is 7.09. The van der Waals surface area contributed by atoms with Crippen molar-refractivity contribution in [2.24, 2.45) is 0 Å². The number of carboxylic acids is 1. The van der Waals surface area contributed by atoms with Gasteiger partial charge in [0.2, 0.25) is 5.13 Å². The van der Waals surface area contributed by atoms with E-state index in [0.717, 1.165) is 18.7 Å². The molecule has 1 aliphatic rings. The van der Waals surface area contributed by atoms with Crippen molar-refractivity contribution in [1.29, 1.82) is 0 Å². The second-order valence-corrected chi connectivity index (χ2v) is 4.80. The highest BCUT2D eigenvalue weighted by Gasteiger charge is 2.28. The molecule has 94 valence electrons. The van der Waals surface area contributed by atoms with Crippen molar-refractivity contribution in [3.05, 3.63) is 5.82 Å². The average molecular weight is 257 g/mol. The SMILES string of the molecule is COCCC(Nc1nc(C2CC2)ns1)C(=O)O. The lowest BCUT2D eigenvalue weighted by Gasteiger charge is -2.12. The standard InChI is InChI=1S/C10H15N3O3S/c1-16-5-4-7(9(14)15)11-10-12-8(13-17-10)6-2-3-6/h6-7H,2-5H2,1H3,(H,14,15)(H,11,12,13). The van der Waals surface area contributed by atoms with Gasteiger partial charge in [-0.2, -0.15) is 4.37 Å². The third-order valence-corrected chi connectivity index (χ3v) is 3.25. The van der Waals surface area contributed by atoms with Crippen LogP contribution in [-0.2, 0) is 9.53 Å². The molecular formula is C10H15N3O3S. The van der Waals surface area contributed by atoms with Gasteiger partial charge < -0.3 is 15.2 Å². The van der Waals surface area contributed by atoms with Crippen molar-refractivity contribution in [2.75, 3.05) is 19.0 Å². The molecule has 7 heteroatoms. The zero-order valence-electron chi connectivity index (χ0n) is 9.55. The van der Waals surface area contributed by atoms with Gasteiger partial charge in [0.1, 0.15) is 11.9 Å². The molecule has 1 unspecified atom stereocenters. The average Bonchev–Trinajstić information content (AvgIpc) is 3.05. The Labute approximate surface area is 103 Å². The molecule has 0 saturated heterocycles. The highest BCUT2D eigenvalue weighted by Crippen LogP contribution is 2.39. The predicted octanol–water partition coefficient (Wildman–Crippen LogP) is 1.32. The minimum atomic E-state index is -0.898. The van der Waals surface area contributed by atoms with Crippen LogP contribution in [0.3, 0.4) is 0 Å². The summed E-state index contributed by atoms with van der Waals surface area (Å²) in [5, 5.41) is 12.5. The Kier molecular flexibility index (Phi) is 3.90. The molecule has 1 aromatic heterocycles. The first-order valence-corrected chi connectivity index (χ1v) is 6.30. The third-order valence-electron chi connectivity index (χ3n) is 2.59. The predicted molar refractivity (Wildman–Crippen MR) is 63.4 cm³/mol. The van der Waals surface area contributed by atoms with E-state index in [2.05, 4.69) is 14.7 Å². The Morgan fingerprint density at radius 3 is 3.06 bits per heavy atom. The molecule has 1 aromatic rings. The molecule has 0 bridgehead atoms. The number of methoxy groups -OCH3 is 1. The minimum Gasteiger partial charge on any atom is -0.480 e. The quantitative estimate of drug-likeness (QED) is 0.766. The summed E-state index contributed by atoms with van der Waals surface area (Å²) >= 11 is 1.22. The first kappa shape index (κ1) is 12.3. The highest BCUT2D eigenvalue weighted by atomic mass is 32.1. The van der Waals surface area contributed by atoms with Crippen LogP contribution in [0.2, 0.25) is 0 Å². The van der Waals surface area contributed by atoms with E-state index in [1.165, 1.54) is 11.5 Å². The zero-order chi connectivity index (χ0) is 12.3. The van der Waals surface area contributed by atoms with Crippen molar-refractivity contribution in [1.82, 2.24) is 9.36 Å². The lowest BCUT2D eigenvalue weighted by molar-refractivity contribution is -0.138. The molecule has 1 saturated carbocycles. The Morgan fingerprint density at radius 2 is 2.47 bits per heavy atom. The van der Waals surface area contributed by atoms with Crippen LogP contribution in [-0.4, -0.2) is 40.2 Å². The Hall–Kier alpha value is -1.21. The second kappa shape index (κ2) is 5.42. The fourth-order valence-electron chi connectivity index (χ4n) is 1.44. The molecular weight excluding hydrogens is 242 g/mol. The van der Waals surface area contributed by atoms with Crippen molar-refractivity contribution >= 4 is 22.6 Å². The molecule has 0 aromatic carbocycles.